The Bertz CT molecular complexity index is 777. The molecule has 1 aliphatic rings. The van der Waals surface area contributed by atoms with E-state index in [0.29, 0.717) is 5.69 Å². The maximum atomic E-state index is 12.5. The number of hydrogen-bond donors (Lipinski definition) is 0. The molecule has 116 valence electrons. The predicted octanol–water partition coefficient (Wildman–Crippen LogP) is 2.80. The summed E-state index contributed by atoms with van der Waals surface area (Å²) in [6.07, 6.45) is -2.91. The molecule has 1 aliphatic heterocycles. The number of sulfonamides is 1. The summed E-state index contributed by atoms with van der Waals surface area (Å²) in [4.78, 5) is 3.95. The maximum Gasteiger partial charge on any atom is 0.416 e. The molecule has 3 rings (SSSR count). The molecule has 1 aromatic carbocycles. The van der Waals surface area contributed by atoms with E-state index in [4.69, 9.17) is 0 Å². The van der Waals surface area contributed by atoms with Gasteiger partial charge in [-0.3, -0.25) is 4.98 Å². The van der Waals surface area contributed by atoms with Crippen LogP contribution in [0.2, 0.25) is 0 Å². The number of halogens is 3. The largest absolute Gasteiger partial charge is 0.416 e. The van der Waals surface area contributed by atoms with E-state index in [0.717, 1.165) is 29.8 Å². The van der Waals surface area contributed by atoms with Crippen LogP contribution in [0.4, 0.5) is 13.2 Å². The summed E-state index contributed by atoms with van der Waals surface area (Å²) in [5.41, 5.74) is 0.591. The van der Waals surface area contributed by atoms with E-state index in [-0.39, 0.29) is 18.0 Å². The van der Waals surface area contributed by atoms with Crippen molar-refractivity contribution in [2.75, 3.05) is 0 Å². The molecule has 0 saturated carbocycles. The summed E-state index contributed by atoms with van der Waals surface area (Å²) in [5.74, 6) is 0. The molecular weight excluding hydrogens is 317 g/mol. The Hall–Kier alpha value is -1.93. The molecule has 0 N–H and O–H groups in total. The molecule has 2 aromatic rings. The van der Waals surface area contributed by atoms with E-state index < -0.39 is 21.8 Å². The highest BCUT2D eigenvalue weighted by Gasteiger charge is 2.33. The van der Waals surface area contributed by atoms with Crippen molar-refractivity contribution in [3.8, 4) is 0 Å². The van der Waals surface area contributed by atoms with Crippen LogP contribution in [0.1, 0.15) is 16.8 Å². The first-order valence-corrected chi connectivity index (χ1v) is 7.83. The Morgan fingerprint density at radius 1 is 1.05 bits per heavy atom. The Morgan fingerprint density at radius 3 is 2.32 bits per heavy atom. The molecular formula is C14H11F3N2O2S. The highest BCUT2D eigenvalue weighted by Crippen LogP contribution is 2.31. The third kappa shape index (κ3) is 2.59. The van der Waals surface area contributed by atoms with E-state index in [1.54, 1.807) is 18.3 Å². The summed E-state index contributed by atoms with van der Waals surface area (Å²) in [5, 5.41) is 0. The van der Waals surface area contributed by atoms with Crippen molar-refractivity contribution < 1.29 is 21.6 Å². The molecule has 0 fully saturated rings. The maximum absolute atomic E-state index is 12.5. The zero-order valence-corrected chi connectivity index (χ0v) is 12.0. The Morgan fingerprint density at radius 2 is 1.73 bits per heavy atom. The van der Waals surface area contributed by atoms with E-state index >= 15 is 0 Å². The van der Waals surface area contributed by atoms with Crippen molar-refractivity contribution in [1.82, 2.24) is 9.29 Å². The molecule has 2 heterocycles. The molecule has 0 unspecified atom stereocenters. The number of fused-ring (bicyclic) bond motifs is 1. The van der Waals surface area contributed by atoms with E-state index in [2.05, 4.69) is 4.98 Å². The quantitative estimate of drug-likeness (QED) is 0.852. The second-order valence-corrected chi connectivity index (χ2v) is 6.84. The van der Waals surface area contributed by atoms with Gasteiger partial charge in [-0.25, -0.2) is 8.42 Å². The molecule has 8 heteroatoms. The lowest BCUT2D eigenvalue weighted by molar-refractivity contribution is -0.137. The minimum atomic E-state index is -4.49. The van der Waals surface area contributed by atoms with Crippen molar-refractivity contribution in [2.24, 2.45) is 0 Å². The summed E-state index contributed by atoms with van der Waals surface area (Å²) < 4.78 is 63.7. The van der Waals surface area contributed by atoms with Crippen LogP contribution in [0.15, 0.2) is 47.5 Å². The van der Waals surface area contributed by atoms with Gasteiger partial charge >= 0.3 is 6.18 Å². The fraction of sp³-hybridized carbons (Fsp3) is 0.214. The van der Waals surface area contributed by atoms with Gasteiger partial charge in [-0.1, -0.05) is 6.07 Å². The average Bonchev–Trinajstić information content (AvgIpc) is 2.91. The van der Waals surface area contributed by atoms with Crippen molar-refractivity contribution in [2.45, 2.75) is 24.2 Å². The van der Waals surface area contributed by atoms with Gasteiger partial charge in [0.1, 0.15) is 0 Å². The van der Waals surface area contributed by atoms with Crippen LogP contribution in [0, 0.1) is 0 Å². The monoisotopic (exact) mass is 328 g/mol. The van der Waals surface area contributed by atoms with Gasteiger partial charge in [-0.2, -0.15) is 17.5 Å². The normalized spacial score (nSPS) is 15.8. The van der Waals surface area contributed by atoms with Crippen molar-refractivity contribution in [3.63, 3.8) is 0 Å². The van der Waals surface area contributed by atoms with Gasteiger partial charge in [0.25, 0.3) is 0 Å². The lowest BCUT2D eigenvalue weighted by Crippen LogP contribution is -2.25. The third-order valence-electron chi connectivity index (χ3n) is 3.48. The predicted molar refractivity (Wildman–Crippen MR) is 72.1 cm³/mol. The molecule has 4 nitrogen and oxygen atoms in total. The lowest BCUT2D eigenvalue weighted by atomic mass is 10.2. The molecule has 0 spiro atoms. The van der Waals surface area contributed by atoms with Gasteiger partial charge in [0.05, 0.1) is 22.7 Å². The van der Waals surface area contributed by atoms with Crippen LogP contribution >= 0.6 is 0 Å². The highest BCUT2D eigenvalue weighted by molar-refractivity contribution is 7.89. The Labute approximate surface area is 125 Å². The van der Waals surface area contributed by atoms with Crippen LogP contribution < -0.4 is 0 Å². The number of aromatic nitrogens is 1. The van der Waals surface area contributed by atoms with Crippen molar-refractivity contribution >= 4 is 10.0 Å². The van der Waals surface area contributed by atoms with E-state index in [9.17, 15) is 21.6 Å². The average molecular weight is 328 g/mol. The second-order valence-electron chi connectivity index (χ2n) is 4.90. The molecule has 0 atom stereocenters. The zero-order valence-electron chi connectivity index (χ0n) is 11.2. The topological polar surface area (TPSA) is 50.3 Å². The minimum absolute atomic E-state index is 0.125. The summed E-state index contributed by atoms with van der Waals surface area (Å²) in [6.45, 7) is 0.298. The summed E-state index contributed by atoms with van der Waals surface area (Å²) in [7, 11) is -3.84. The lowest BCUT2D eigenvalue weighted by Gasteiger charge is -2.16. The molecule has 1 aromatic heterocycles. The first-order valence-electron chi connectivity index (χ1n) is 6.39. The number of alkyl halides is 3. The molecule has 0 aliphatic carbocycles. The summed E-state index contributed by atoms with van der Waals surface area (Å²) >= 11 is 0. The SMILES string of the molecule is O=S(=O)(c1ccc(C(F)(F)F)cc1)N1Cc2cccnc2C1. The van der Waals surface area contributed by atoms with Crippen LogP contribution in [0.5, 0.6) is 0 Å². The van der Waals surface area contributed by atoms with Crippen LogP contribution in [0.25, 0.3) is 0 Å². The number of rotatable bonds is 2. The van der Waals surface area contributed by atoms with Gasteiger partial charge in [-0.05, 0) is 35.9 Å². The van der Waals surface area contributed by atoms with Gasteiger partial charge in [0.2, 0.25) is 10.0 Å². The van der Waals surface area contributed by atoms with Crippen LogP contribution in [-0.4, -0.2) is 17.7 Å². The van der Waals surface area contributed by atoms with E-state index in [1.165, 1.54) is 4.31 Å². The molecule has 0 amide bonds. The van der Waals surface area contributed by atoms with Gasteiger partial charge in [-0.15, -0.1) is 0 Å². The molecule has 0 saturated heterocycles. The van der Waals surface area contributed by atoms with Crippen molar-refractivity contribution in [1.29, 1.82) is 0 Å². The number of hydrogen-bond acceptors (Lipinski definition) is 3. The van der Waals surface area contributed by atoms with Gasteiger partial charge in [0, 0.05) is 12.7 Å². The molecule has 0 bridgehead atoms. The first-order chi connectivity index (χ1) is 10.3. The Kier molecular flexibility index (Phi) is 3.45. The molecule has 22 heavy (non-hydrogen) atoms. The smallest absolute Gasteiger partial charge is 0.260 e. The standard InChI is InChI=1S/C14H11F3N2O2S/c15-14(16,17)11-3-5-12(6-4-11)22(20,21)19-8-10-2-1-7-18-13(10)9-19/h1-7H,8-9H2. The highest BCUT2D eigenvalue weighted by atomic mass is 32.2. The number of nitrogens with zero attached hydrogens (tertiary/aromatic N) is 2. The van der Waals surface area contributed by atoms with Gasteiger partial charge in [0.15, 0.2) is 0 Å². The summed E-state index contributed by atoms with van der Waals surface area (Å²) in [6, 6.07) is 7.00. The molecule has 0 radical (unpaired) electrons. The van der Waals surface area contributed by atoms with Crippen LogP contribution in [-0.2, 0) is 29.3 Å². The first kappa shape index (κ1) is 15.0. The van der Waals surface area contributed by atoms with Gasteiger partial charge < -0.3 is 0 Å². The Balaban J connectivity index is 1.89. The van der Waals surface area contributed by atoms with Crippen LogP contribution in [0.3, 0.4) is 0 Å². The second kappa shape index (κ2) is 5.06. The zero-order chi connectivity index (χ0) is 16.0. The van der Waals surface area contributed by atoms with E-state index in [1.807, 2.05) is 0 Å². The minimum Gasteiger partial charge on any atom is -0.260 e. The third-order valence-corrected chi connectivity index (χ3v) is 5.28. The number of pyridine rings is 1. The fourth-order valence-corrected chi connectivity index (χ4v) is 3.68. The van der Waals surface area contributed by atoms with Crippen molar-refractivity contribution in [3.05, 3.63) is 59.4 Å². The number of benzene rings is 1. The fourth-order valence-electron chi connectivity index (χ4n) is 2.31.